The number of hydrogen-bond acceptors (Lipinski definition) is 4. The lowest BCUT2D eigenvalue weighted by atomic mass is 9.70. The molecule has 0 amide bonds. The summed E-state index contributed by atoms with van der Waals surface area (Å²) in [6.45, 7) is 7.15. The first kappa shape index (κ1) is 18.3. The molecule has 0 aromatic heterocycles. The summed E-state index contributed by atoms with van der Waals surface area (Å²) in [5, 5.41) is 19.9. The fraction of sp³-hybridized carbons (Fsp3) is 0.400. The quantitative estimate of drug-likeness (QED) is 0.654. The molecule has 6 N–H and O–H groups in total. The number of phenols is 2. The molecule has 2 rings (SSSR count). The molecule has 0 aliphatic rings. The van der Waals surface area contributed by atoms with Gasteiger partial charge in [-0.25, -0.2) is 0 Å². The zero-order chi connectivity index (χ0) is 17.9. The van der Waals surface area contributed by atoms with Crippen molar-refractivity contribution < 1.29 is 10.2 Å². The van der Waals surface area contributed by atoms with Gasteiger partial charge in [-0.05, 0) is 47.7 Å². The molecule has 0 spiro atoms. The summed E-state index contributed by atoms with van der Waals surface area (Å²) in [5.41, 5.74) is 14.9. The van der Waals surface area contributed by atoms with E-state index in [0.717, 1.165) is 28.7 Å². The van der Waals surface area contributed by atoms with Crippen LogP contribution in [-0.2, 0) is 18.5 Å². The van der Waals surface area contributed by atoms with E-state index in [1.807, 2.05) is 24.3 Å². The molecular formula is C20H28N2O2. The molecule has 0 aliphatic carbocycles. The number of benzene rings is 2. The minimum Gasteiger partial charge on any atom is -0.508 e. The van der Waals surface area contributed by atoms with E-state index < -0.39 is 0 Å². The van der Waals surface area contributed by atoms with Crippen LogP contribution in [-0.4, -0.2) is 10.2 Å². The first-order valence-electron chi connectivity index (χ1n) is 8.36. The van der Waals surface area contributed by atoms with Crippen LogP contribution in [0.1, 0.15) is 49.4 Å². The molecule has 0 bridgehead atoms. The Morgan fingerprint density at radius 3 is 1.62 bits per heavy atom. The highest BCUT2D eigenvalue weighted by Gasteiger charge is 2.31. The average molecular weight is 328 g/mol. The number of phenolic OH excluding ortho intramolecular Hbond substituents is 2. The van der Waals surface area contributed by atoms with Crippen molar-refractivity contribution in [2.45, 2.75) is 45.7 Å². The molecule has 0 unspecified atom stereocenters. The van der Waals surface area contributed by atoms with Crippen molar-refractivity contribution in [3.05, 3.63) is 58.7 Å². The van der Waals surface area contributed by atoms with Crippen LogP contribution in [0, 0.1) is 5.92 Å². The lowest BCUT2D eigenvalue weighted by Crippen LogP contribution is -2.26. The van der Waals surface area contributed by atoms with Crippen molar-refractivity contribution >= 4 is 0 Å². The van der Waals surface area contributed by atoms with E-state index in [-0.39, 0.29) is 16.9 Å². The van der Waals surface area contributed by atoms with Crippen LogP contribution >= 0.6 is 0 Å². The van der Waals surface area contributed by atoms with Gasteiger partial charge in [0, 0.05) is 29.6 Å². The van der Waals surface area contributed by atoms with Crippen molar-refractivity contribution in [1.82, 2.24) is 0 Å². The zero-order valence-corrected chi connectivity index (χ0v) is 14.7. The van der Waals surface area contributed by atoms with Crippen molar-refractivity contribution in [3.8, 4) is 11.5 Å². The number of hydrogen-bond donors (Lipinski definition) is 4. The molecule has 0 saturated heterocycles. The van der Waals surface area contributed by atoms with E-state index >= 15 is 0 Å². The Balaban J connectivity index is 2.62. The fourth-order valence-corrected chi connectivity index (χ4v) is 3.40. The number of rotatable bonds is 6. The zero-order valence-electron chi connectivity index (χ0n) is 14.7. The van der Waals surface area contributed by atoms with Gasteiger partial charge in [-0.2, -0.15) is 0 Å². The van der Waals surface area contributed by atoms with Crippen LogP contribution in [0.15, 0.2) is 36.4 Å². The molecule has 0 saturated carbocycles. The van der Waals surface area contributed by atoms with E-state index in [9.17, 15) is 10.2 Å². The van der Waals surface area contributed by atoms with E-state index in [4.69, 9.17) is 11.5 Å². The second-order valence-electron chi connectivity index (χ2n) is 7.03. The number of nitrogens with two attached hydrogens (primary N) is 2. The number of aromatic hydroxyl groups is 2. The first-order chi connectivity index (χ1) is 11.3. The molecule has 0 heterocycles. The summed E-state index contributed by atoms with van der Waals surface area (Å²) in [7, 11) is 0. The van der Waals surface area contributed by atoms with Gasteiger partial charge in [-0.3, -0.25) is 0 Å². The maximum absolute atomic E-state index is 9.94. The maximum atomic E-state index is 9.94. The summed E-state index contributed by atoms with van der Waals surface area (Å²) in [6, 6.07) is 11.3. The normalized spacial score (nSPS) is 11.9. The van der Waals surface area contributed by atoms with E-state index in [1.54, 1.807) is 12.1 Å². The second-order valence-corrected chi connectivity index (χ2v) is 7.03. The van der Waals surface area contributed by atoms with E-state index in [2.05, 4.69) is 20.8 Å². The minimum atomic E-state index is -0.261. The molecule has 4 heteroatoms. The third kappa shape index (κ3) is 3.55. The molecular weight excluding hydrogens is 300 g/mol. The van der Waals surface area contributed by atoms with Crippen LogP contribution in [0.4, 0.5) is 0 Å². The van der Waals surface area contributed by atoms with Crippen LogP contribution in [0.5, 0.6) is 11.5 Å². The van der Waals surface area contributed by atoms with Gasteiger partial charge in [-0.15, -0.1) is 0 Å². The van der Waals surface area contributed by atoms with Gasteiger partial charge in [0.2, 0.25) is 0 Å². The van der Waals surface area contributed by atoms with Gasteiger partial charge >= 0.3 is 0 Å². The highest BCUT2D eigenvalue weighted by atomic mass is 16.3. The van der Waals surface area contributed by atoms with Gasteiger partial charge in [0.25, 0.3) is 0 Å². The largest absolute Gasteiger partial charge is 0.508 e. The smallest absolute Gasteiger partial charge is 0.120 e. The predicted octanol–water partition coefficient (Wildman–Crippen LogP) is 3.37. The van der Waals surface area contributed by atoms with Crippen molar-refractivity contribution in [2.75, 3.05) is 0 Å². The van der Waals surface area contributed by atoms with Gasteiger partial charge in [-0.1, -0.05) is 32.9 Å². The molecule has 24 heavy (non-hydrogen) atoms. The van der Waals surface area contributed by atoms with Crippen LogP contribution in [0.3, 0.4) is 0 Å². The van der Waals surface area contributed by atoms with Gasteiger partial charge in [0.1, 0.15) is 11.5 Å². The molecule has 4 nitrogen and oxygen atoms in total. The highest BCUT2D eigenvalue weighted by Crippen LogP contribution is 2.40. The lowest BCUT2D eigenvalue weighted by molar-refractivity contribution is 0.423. The van der Waals surface area contributed by atoms with Crippen LogP contribution in [0.2, 0.25) is 0 Å². The average Bonchev–Trinajstić information content (AvgIpc) is 2.54. The Kier molecular flexibility index (Phi) is 5.52. The van der Waals surface area contributed by atoms with Gasteiger partial charge < -0.3 is 21.7 Å². The maximum Gasteiger partial charge on any atom is 0.120 e. The van der Waals surface area contributed by atoms with Gasteiger partial charge in [0.15, 0.2) is 0 Å². The third-order valence-electron chi connectivity index (χ3n) is 4.69. The SMILES string of the molecule is CC(C)CC(C)(c1ccc(O)c(CN)c1)c1ccc(O)c(CN)c1. The van der Waals surface area contributed by atoms with E-state index in [0.29, 0.717) is 19.0 Å². The molecule has 2 aromatic carbocycles. The Morgan fingerprint density at radius 1 is 0.875 bits per heavy atom. The standard InChI is InChI=1S/C20H28N2O2/c1-13(2)10-20(3,16-4-6-18(23)14(8-16)11-21)17-5-7-19(24)15(9-17)12-22/h4-9,13,23-24H,10-12,21-22H2,1-3H3. The first-order valence-corrected chi connectivity index (χ1v) is 8.36. The Hall–Kier alpha value is -2.04. The molecule has 0 radical (unpaired) electrons. The Bertz CT molecular complexity index is 657. The van der Waals surface area contributed by atoms with Crippen LogP contribution < -0.4 is 11.5 Å². The second kappa shape index (κ2) is 7.24. The third-order valence-corrected chi connectivity index (χ3v) is 4.69. The van der Waals surface area contributed by atoms with E-state index in [1.165, 1.54) is 0 Å². The summed E-state index contributed by atoms with van der Waals surface area (Å²) in [4.78, 5) is 0. The molecule has 0 fully saturated rings. The minimum absolute atomic E-state index is 0.224. The Labute approximate surface area is 144 Å². The summed E-state index contributed by atoms with van der Waals surface area (Å²) < 4.78 is 0. The highest BCUT2D eigenvalue weighted by molar-refractivity contribution is 5.47. The molecule has 130 valence electrons. The summed E-state index contributed by atoms with van der Waals surface area (Å²) in [5.74, 6) is 0.920. The Morgan fingerprint density at radius 2 is 1.29 bits per heavy atom. The van der Waals surface area contributed by atoms with Crippen molar-refractivity contribution in [2.24, 2.45) is 17.4 Å². The molecule has 2 aromatic rings. The monoisotopic (exact) mass is 328 g/mol. The summed E-state index contributed by atoms with van der Waals surface area (Å²) in [6.07, 6.45) is 0.927. The topological polar surface area (TPSA) is 92.5 Å². The lowest BCUT2D eigenvalue weighted by Gasteiger charge is -2.34. The van der Waals surface area contributed by atoms with Crippen molar-refractivity contribution in [1.29, 1.82) is 0 Å². The predicted molar refractivity (Wildman–Crippen MR) is 97.9 cm³/mol. The summed E-state index contributed by atoms with van der Waals surface area (Å²) >= 11 is 0. The fourth-order valence-electron chi connectivity index (χ4n) is 3.40. The molecule has 0 aliphatic heterocycles. The van der Waals surface area contributed by atoms with Crippen LogP contribution in [0.25, 0.3) is 0 Å². The molecule has 0 atom stereocenters. The van der Waals surface area contributed by atoms with Gasteiger partial charge in [0.05, 0.1) is 0 Å². The van der Waals surface area contributed by atoms with Crippen molar-refractivity contribution in [3.63, 3.8) is 0 Å².